The molecular formula is C27H37ClN4O3S2. The second-order valence-electron chi connectivity index (χ2n) is 9.87. The van der Waals surface area contributed by atoms with E-state index in [9.17, 15) is 13.2 Å². The molecule has 1 aliphatic carbocycles. The van der Waals surface area contributed by atoms with Crippen molar-refractivity contribution in [3.05, 3.63) is 53.6 Å². The predicted octanol–water partition coefficient (Wildman–Crippen LogP) is 5.58. The van der Waals surface area contributed by atoms with Crippen molar-refractivity contribution in [2.75, 3.05) is 39.1 Å². The summed E-state index contributed by atoms with van der Waals surface area (Å²) < 4.78 is 29.0. The molecule has 1 aliphatic rings. The summed E-state index contributed by atoms with van der Waals surface area (Å²) in [6.45, 7) is 3.40. The van der Waals surface area contributed by atoms with Gasteiger partial charge < -0.3 is 4.90 Å². The fourth-order valence-corrected chi connectivity index (χ4v) is 7.24. The number of benzene rings is 2. The monoisotopic (exact) mass is 564 g/mol. The van der Waals surface area contributed by atoms with Gasteiger partial charge in [-0.3, -0.25) is 9.69 Å². The summed E-state index contributed by atoms with van der Waals surface area (Å²) in [5.74, 6) is -0.171. The lowest BCUT2D eigenvalue weighted by atomic mass is 9.96. The Kier molecular flexibility index (Phi) is 10.1. The molecule has 0 saturated heterocycles. The van der Waals surface area contributed by atoms with E-state index in [0.29, 0.717) is 17.2 Å². The van der Waals surface area contributed by atoms with E-state index in [-0.39, 0.29) is 29.3 Å². The van der Waals surface area contributed by atoms with Gasteiger partial charge in [0, 0.05) is 25.2 Å². The maximum absolute atomic E-state index is 13.6. The zero-order valence-corrected chi connectivity index (χ0v) is 24.5. The van der Waals surface area contributed by atoms with Crippen molar-refractivity contribution in [1.29, 1.82) is 0 Å². The Bertz CT molecular complexity index is 1300. The first-order chi connectivity index (χ1) is 17.2. The molecule has 1 heterocycles. The van der Waals surface area contributed by atoms with E-state index in [1.165, 1.54) is 22.1 Å². The number of hydrogen-bond donors (Lipinski definition) is 0. The summed E-state index contributed by atoms with van der Waals surface area (Å²) in [6.07, 6.45) is 5.89. The lowest BCUT2D eigenvalue weighted by molar-refractivity contribution is 0.0986. The summed E-state index contributed by atoms with van der Waals surface area (Å²) in [5.41, 5.74) is 2.44. The molecule has 0 atom stereocenters. The van der Waals surface area contributed by atoms with Gasteiger partial charge in [0.1, 0.15) is 0 Å². The number of hydrogen-bond acceptors (Lipinski definition) is 6. The molecule has 0 N–H and O–H groups in total. The van der Waals surface area contributed by atoms with Crippen LogP contribution < -0.4 is 4.90 Å². The van der Waals surface area contributed by atoms with Gasteiger partial charge in [0.2, 0.25) is 10.0 Å². The highest BCUT2D eigenvalue weighted by molar-refractivity contribution is 7.89. The minimum absolute atomic E-state index is 0. The third-order valence-corrected chi connectivity index (χ3v) is 9.91. The van der Waals surface area contributed by atoms with Crippen LogP contribution in [0.3, 0.4) is 0 Å². The molecule has 10 heteroatoms. The molecule has 2 aromatic carbocycles. The molecule has 0 unspecified atom stereocenters. The van der Waals surface area contributed by atoms with E-state index in [2.05, 4.69) is 4.90 Å². The van der Waals surface area contributed by atoms with Crippen molar-refractivity contribution in [3.8, 4) is 0 Å². The average molecular weight is 565 g/mol. The first-order valence-corrected chi connectivity index (χ1v) is 14.8. The number of thiazole rings is 1. The van der Waals surface area contributed by atoms with Gasteiger partial charge in [0.15, 0.2) is 5.13 Å². The van der Waals surface area contributed by atoms with Crippen LogP contribution in [-0.2, 0) is 10.0 Å². The van der Waals surface area contributed by atoms with Gasteiger partial charge in [0.05, 0.1) is 15.1 Å². The number of sulfonamides is 1. The number of fused-ring (bicyclic) bond motifs is 1. The molecule has 0 bridgehead atoms. The molecule has 4 rings (SSSR count). The number of anilines is 1. The van der Waals surface area contributed by atoms with Gasteiger partial charge in [-0.1, -0.05) is 42.7 Å². The van der Waals surface area contributed by atoms with Crippen LogP contribution in [0.25, 0.3) is 10.2 Å². The molecule has 3 aromatic rings. The maximum Gasteiger partial charge on any atom is 0.260 e. The van der Waals surface area contributed by atoms with Crippen LogP contribution in [0, 0.1) is 6.92 Å². The minimum atomic E-state index is -3.61. The van der Waals surface area contributed by atoms with Gasteiger partial charge in [-0.25, -0.2) is 13.4 Å². The second-order valence-corrected chi connectivity index (χ2v) is 12.9. The van der Waals surface area contributed by atoms with Crippen LogP contribution in [0.15, 0.2) is 47.4 Å². The van der Waals surface area contributed by atoms with Crippen LogP contribution in [0.5, 0.6) is 0 Å². The smallest absolute Gasteiger partial charge is 0.260 e. The molecule has 1 amide bonds. The van der Waals surface area contributed by atoms with Crippen LogP contribution in [-0.4, -0.2) is 68.8 Å². The number of carbonyl (C=O) groups is 1. The normalized spacial score (nSPS) is 14.8. The standard InChI is InChI=1S/C27H36N4O3S2.ClH/c1-20-10-8-13-24-25(20)28-27(35-24)31(19-9-18-29(2)3)26(32)21-14-16-23(17-15-21)36(33,34)30(4)22-11-6-5-7-12-22;/h8,10,13-17,22H,5-7,9,11-12,18-19H2,1-4H3;1H. The summed E-state index contributed by atoms with van der Waals surface area (Å²) in [5, 5.41) is 0.664. The number of amides is 1. The largest absolute Gasteiger partial charge is 0.309 e. The highest BCUT2D eigenvalue weighted by atomic mass is 35.5. The zero-order valence-electron chi connectivity index (χ0n) is 22.0. The Labute approximate surface area is 230 Å². The van der Waals surface area contributed by atoms with Gasteiger partial charge in [-0.2, -0.15) is 4.31 Å². The van der Waals surface area contributed by atoms with Crippen LogP contribution >= 0.6 is 23.7 Å². The molecule has 1 aromatic heterocycles. The average Bonchev–Trinajstić information content (AvgIpc) is 3.31. The van der Waals surface area contributed by atoms with Crippen molar-refractivity contribution in [2.45, 2.75) is 56.4 Å². The van der Waals surface area contributed by atoms with Gasteiger partial charge >= 0.3 is 0 Å². The molecule has 1 saturated carbocycles. The van der Waals surface area contributed by atoms with E-state index in [0.717, 1.165) is 54.4 Å². The maximum atomic E-state index is 13.6. The van der Waals surface area contributed by atoms with Gasteiger partial charge in [-0.15, -0.1) is 12.4 Å². The summed E-state index contributed by atoms with van der Waals surface area (Å²) in [4.78, 5) is 22.5. The highest BCUT2D eigenvalue weighted by Crippen LogP contribution is 2.32. The Balaban J connectivity index is 0.00000380. The lowest BCUT2D eigenvalue weighted by Crippen LogP contribution is -2.38. The predicted molar refractivity (Wildman–Crippen MR) is 155 cm³/mol. The minimum Gasteiger partial charge on any atom is -0.309 e. The Morgan fingerprint density at radius 1 is 1.00 bits per heavy atom. The molecule has 0 aliphatic heterocycles. The molecule has 1 fully saturated rings. The Hall–Kier alpha value is -2.04. The van der Waals surface area contributed by atoms with E-state index < -0.39 is 10.0 Å². The van der Waals surface area contributed by atoms with Crippen molar-refractivity contribution in [1.82, 2.24) is 14.2 Å². The number of rotatable bonds is 9. The number of aryl methyl sites for hydroxylation is 1. The van der Waals surface area contributed by atoms with Gasteiger partial charge in [0.25, 0.3) is 5.91 Å². The van der Waals surface area contributed by atoms with Crippen LogP contribution in [0.1, 0.15) is 54.4 Å². The second kappa shape index (κ2) is 12.7. The SMILES string of the molecule is Cc1cccc2sc(N(CCCN(C)C)C(=O)c3ccc(S(=O)(=O)N(C)C4CCCCC4)cc3)nc12.Cl. The van der Waals surface area contributed by atoms with E-state index >= 15 is 0 Å². The summed E-state index contributed by atoms with van der Waals surface area (Å²) >= 11 is 1.51. The lowest BCUT2D eigenvalue weighted by Gasteiger charge is -2.30. The first-order valence-electron chi connectivity index (χ1n) is 12.6. The first kappa shape index (κ1) is 29.5. The van der Waals surface area contributed by atoms with E-state index in [4.69, 9.17) is 4.98 Å². The number of carbonyl (C=O) groups excluding carboxylic acids is 1. The van der Waals surface area contributed by atoms with Crippen molar-refractivity contribution < 1.29 is 13.2 Å². The number of aromatic nitrogens is 1. The van der Waals surface area contributed by atoms with Crippen molar-refractivity contribution in [2.24, 2.45) is 0 Å². The molecular weight excluding hydrogens is 528 g/mol. The summed E-state index contributed by atoms with van der Waals surface area (Å²) in [7, 11) is 2.09. The zero-order chi connectivity index (χ0) is 25.9. The summed E-state index contributed by atoms with van der Waals surface area (Å²) in [6, 6.07) is 12.5. The van der Waals surface area contributed by atoms with Crippen LogP contribution in [0.4, 0.5) is 5.13 Å². The third kappa shape index (κ3) is 6.70. The molecule has 0 radical (unpaired) electrons. The third-order valence-electron chi connectivity index (χ3n) is 6.94. The Morgan fingerprint density at radius 3 is 2.30 bits per heavy atom. The number of para-hydroxylation sites is 1. The van der Waals surface area contributed by atoms with Crippen molar-refractivity contribution in [3.63, 3.8) is 0 Å². The molecule has 37 heavy (non-hydrogen) atoms. The van der Waals surface area contributed by atoms with Crippen LogP contribution in [0.2, 0.25) is 0 Å². The van der Waals surface area contributed by atoms with E-state index in [1.807, 2.05) is 39.2 Å². The van der Waals surface area contributed by atoms with Crippen molar-refractivity contribution >= 4 is 55.0 Å². The fraction of sp³-hybridized carbons (Fsp3) is 0.481. The van der Waals surface area contributed by atoms with Gasteiger partial charge in [-0.05, 0) is 82.7 Å². The fourth-order valence-electron chi connectivity index (χ4n) is 4.75. The van der Waals surface area contributed by atoms with E-state index in [1.54, 1.807) is 36.2 Å². The molecule has 7 nitrogen and oxygen atoms in total. The number of halogens is 1. The number of nitrogens with zero attached hydrogens (tertiary/aromatic N) is 4. The Morgan fingerprint density at radius 2 is 1.68 bits per heavy atom. The molecule has 202 valence electrons. The quantitative estimate of drug-likeness (QED) is 0.339. The highest BCUT2D eigenvalue weighted by Gasteiger charge is 2.29. The topological polar surface area (TPSA) is 73.8 Å². The molecule has 0 spiro atoms.